The molecule has 0 bridgehead atoms. The number of rotatable bonds is 9. The Hall–Kier alpha value is -3.18. The van der Waals surface area contributed by atoms with Crippen LogP contribution in [0.15, 0.2) is 24.5 Å². The molecule has 11 heteroatoms. The van der Waals surface area contributed by atoms with Gasteiger partial charge in [0.05, 0.1) is 19.2 Å². The number of aliphatic hydroxyl groups excluding tert-OH is 1. The van der Waals surface area contributed by atoms with Gasteiger partial charge in [-0.15, -0.1) is 0 Å². The van der Waals surface area contributed by atoms with E-state index in [-0.39, 0.29) is 31.1 Å². The average molecular weight is 530 g/mol. The zero-order valence-corrected chi connectivity index (χ0v) is 22.7. The van der Waals surface area contributed by atoms with E-state index in [4.69, 9.17) is 14.6 Å². The topological polar surface area (TPSA) is 126 Å². The summed E-state index contributed by atoms with van der Waals surface area (Å²) in [5, 5.41) is 12.5. The maximum Gasteiger partial charge on any atom is 0.410 e. The third-order valence-corrected chi connectivity index (χ3v) is 6.76. The van der Waals surface area contributed by atoms with Crippen LogP contribution in [-0.2, 0) is 25.6 Å². The molecule has 1 aliphatic heterocycles. The van der Waals surface area contributed by atoms with Gasteiger partial charge in [0.1, 0.15) is 17.9 Å². The second kappa shape index (κ2) is 11.7. The summed E-state index contributed by atoms with van der Waals surface area (Å²) >= 11 is 0. The lowest BCUT2D eigenvalue weighted by Gasteiger charge is -2.37. The van der Waals surface area contributed by atoms with Crippen LogP contribution in [0.1, 0.15) is 58.6 Å². The van der Waals surface area contributed by atoms with E-state index in [0.717, 1.165) is 29.4 Å². The van der Waals surface area contributed by atoms with Crippen molar-refractivity contribution < 1.29 is 29.0 Å². The number of carbonyl (C=O) groups is 3. The number of hydrogen-bond acceptors (Lipinski definition) is 7. The molecule has 0 spiro atoms. The van der Waals surface area contributed by atoms with Gasteiger partial charge >= 0.3 is 6.09 Å². The number of aliphatic hydroxyl groups is 1. The predicted octanol–water partition coefficient (Wildman–Crippen LogP) is 2.22. The molecule has 38 heavy (non-hydrogen) atoms. The number of morpholine rings is 1. The lowest BCUT2D eigenvalue weighted by atomic mass is 10.1. The van der Waals surface area contributed by atoms with Gasteiger partial charge in [0, 0.05) is 49.0 Å². The fourth-order valence-corrected chi connectivity index (χ4v) is 4.83. The van der Waals surface area contributed by atoms with Crippen LogP contribution in [0.2, 0.25) is 0 Å². The minimum atomic E-state index is -0.749. The van der Waals surface area contributed by atoms with Gasteiger partial charge < -0.3 is 34.3 Å². The van der Waals surface area contributed by atoms with E-state index in [2.05, 4.69) is 10.3 Å². The first-order valence-corrected chi connectivity index (χ1v) is 13.3. The van der Waals surface area contributed by atoms with Crippen molar-refractivity contribution in [1.82, 2.24) is 24.7 Å². The normalized spacial score (nSPS) is 18.8. The zero-order chi connectivity index (χ0) is 27.4. The number of amides is 3. The molecule has 1 aliphatic carbocycles. The van der Waals surface area contributed by atoms with Crippen LogP contribution in [0.25, 0.3) is 11.0 Å². The number of aromatic nitrogens is 2. The van der Waals surface area contributed by atoms with Crippen LogP contribution >= 0.6 is 0 Å². The molecule has 11 nitrogen and oxygen atoms in total. The highest BCUT2D eigenvalue weighted by molar-refractivity contribution is 5.85. The summed E-state index contributed by atoms with van der Waals surface area (Å²) in [6, 6.07) is 3.80. The molecule has 1 unspecified atom stereocenters. The number of fused-ring (bicyclic) bond motifs is 1. The summed E-state index contributed by atoms with van der Waals surface area (Å²) in [5.41, 5.74) is 1.19. The van der Waals surface area contributed by atoms with Gasteiger partial charge in [0.15, 0.2) is 6.10 Å². The van der Waals surface area contributed by atoms with E-state index in [1.54, 1.807) is 11.1 Å². The van der Waals surface area contributed by atoms with Crippen molar-refractivity contribution in [3.63, 3.8) is 0 Å². The fraction of sp³-hybridized carbons (Fsp3) is 0.630. The van der Waals surface area contributed by atoms with Gasteiger partial charge in [-0.1, -0.05) is 0 Å². The fourth-order valence-electron chi connectivity index (χ4n) is 4.83. The third-order valence-electron chi connectivity index (χ3n) is 6.76. The summed E-state index contributed by atoms with van der Waals surface area (Å²) < 4.78 is 13.4. The minimum Gasteiger partial charge on any atom is -0.444 e. The van der Waals surface area contributed by atoms with E-state index >= 15 is 0 Å². The zero-order valence-electron chi connectivity index (χ0n) is 22.7. The summed E-state index contributed by atoms with van der Waals surface area (Å²) in [6.45, 7) is 8.85. The maximum atomic E-state index is 13.8. The van der Waals surface area contributed by atoms with Gasteiger partial charge in [0.25, 0.3) is 5.91 Å². The van der Waals surface area contributed by atoms with E-state index in [1.165, 1.54) is 0 Å². The van der Waals surface area contributed by atoms with Gasteiger partial charge in [-0.3, -0.25) is 9.59 Å². The Kier molecular flexibility index (Phi) is 8.57. The Morgan fingerprint density at radius 1 is 1.32 bits per heavy atom. The molecule has 0 aromatic carbocycles. The number of nitrogens with zero attached hydrogens (tertiary/aromatic N) is 4. The Morgan fingerprint density at radius 2 is 2.08 bits per heavy atom. The van der Waals surface area contributed by atoms with Gasteiger partial charge in [-0.2, -0.15) is 0 Å². The van der Waals surface area contributed by atoms with Crippen molar-refractivity contribution in [2.75, 3.05) is 32.8 Å². The summed E-state index contributed by atoms with van der Waals surface area (Å²) in [6.07, 6.45) is 5.12. The van der Waals surface area contributed by atoms with Gasteiger partial charge in [-0.25, -0.2) is 9.78 Å². The standard InChI is InChI=1S/C27H39N5O6/c1-18(21-15-30(12-6-11-28-23(34)17-33)24-20(21)7-5-10-29-24)32(19-8-9-19)25(35)22-16-31(13-14-37-22)26(36)38-27(2,3)4/h5,7,10,15,18-19,22,33H,6,8-9,11-14,16-17H2,1-4H3,(H,28,34)/t18?,22-/m1/s1. The second-order valence-corrected chi connectivity index (χ2v) is 11.0. The highest BCUT2D eigenvalue weighted by atomic mass is 16.6. The predicted molar refractivity (Wildman–Crippen MR) is 140 cm³/mol. The molecule has 4 rings (SSSR count). The molecule has 3 amide bonds. The molecule has 208 valence electrons. The largest absolute Gasteiger partial charge is 0.444 e. The summed E-state index contributed by atoms with van der Waals surface area (Å²) in [5.74, 6) is -0.520. The summed E-state index contributed by atoms with van der Waals surface area (Å²) in [7, 11) is 0. The Labute approximate surface area is 223 Å². The molecule has 1 saturated heterocycles. The van der Waals surface area contributed by atoms with Crippen LogP contribution < -0.4 is 5.32 Å². The second-order valence-electron chi connectivity index (χ2n) is 11.0. The number of pyridine rings is 1. The molecule has 0 radical (unpaired) electrons. The van der Waals surface area contributed by atoms with Crippen LogP contribution in [-0.4, -0.2) is 93.0 Å². The van der Waals surface area contributed by atoms with E-state index in [9.17, 15) is 14.4 Å². The van der Waals surface area contributed by atoms with Gasteiger partial charge in [-0.05, 0) is 59.1 Å². The van der Waals surface area contributed by atoms with Crippen molar-refractivity contribution in [3.8, 4) is 0 Å². The number of nitrogens with one attached hydrogen (secondary N) is 1. The Balaban J connectivity index is 1.51. The molecule has 2 atom stereocenters. The highest BCUT2D eigenvalue weighted by Crippen LogP contribution is 2.38. The molecule has 2 aromatic rings. The Bertz CT molecular complexity index is 1150. The Morgan fingerprint density at radius 3 is 2.76 bits per heavy atom. The van der Waals surface area contributed by atoms with Crippen LogP contribution in [0.4, 0.5) is 4.79 Å². The van der Waals surface area contributed by atoms with Crippen LogP contribution in [0.5, 0.6) is 0 Å². The van der Waals surface area contributed by atoms with Crippen LogP contribution in [0, 0.1) is 0 Å². The lowest BCUT2D eigenvalue weighted by molar-refractivity contribution is -0.151. The molecular formula is C27H39N5O6. The first-order chi connectivity index (χ1) is 18.1. The number of carbonyl (C=O) groups excluding carboxylic acids is 3. The van der Waals surface area contributed by atoms with Crippen molar-refractivity contribution in [2.45, 2.75) is 77.3 Å². The van der Waals surface area contributed by atoms with E-state index in [1.807, 2.05) is 55.5 Å². The first-order valence-electron chi connectivity index (χ1n) is 13.3. The van der Waals surface area contributed by atoms with Crippen molar-refractivity contribution in [2.24, 2.45) is 0 Å². The molecule has 2 fully saturated rings. The molecule has 2 N–H and O–H groups in total. The third kappa shape index (κ3) is 6.63. The number of aryl methyl sites for hydroxylation is 1. The van der Waals surface area contributed by atoms with E-state index < -0.39 is 30.3 Å². The van der Waals surface area contributed by atoms with E-state index in [0.29, 0.717) is 26.1 Å². The molecule has 1 saturated carbocycles. The van der Waals surface area contributed by atoms with Crippen molar-refractivity contribution >= 4 is 28.9 Å². The average Bonchev–Trinajstić information content (AvgIpc) is 3.65. The first kappa shape index (κ1) is 27.8. The smallest absolute Gasteiger partial charge is 0.410 e. The lowest BCUT2D eigenvalue weighted by Crippen LogP contribution is -2.54. The maximum absolute atomic E-state index is 13.8. The minimum absolute atomic E-state index is 0.121. The monoisotopic (exact) mass is 529 g/mol. The summed E-state index contributed by atoms with van der Waals surface area (Å²) in [4.78, 5) is 45.9. The molecule has 3 heterocycles. The number of ether oxygens (including phenoxy) is 2. The molecular weight excluding hydrogens is 490 g/mol. The molecule has 2 aromatic heterocycles. The van der Waals surface area contributed by atoms with Crippen molar-refractivity contribution in [1.29, 1.82) is 0 Å². The van der Waals surface area contributed by atoms with Crippen LogP contribution in [0.3, 0.4) is 0 Å². The molecule has 2 aliphatic rings. The SMILES string of the molecule is CC(c1cn(CCCNC(=O)CO)c2ncccc12)N(C(=O)[C@H]1CN(C(=O)OC(C)(C)C)CCO1)C1CC1. The number of hydrogen-bond donors (Lipinski definition) is 2. The van der Waals surface area contributed by atoms with Crippen molar-refractivity contribution in [3.05, 3.63) is 30.1 Å². The quantitative estimate of drug-likeness (QED) is 0.477. The van der Waals surface area contributed by atoms with Gasteiger partial charge in [0.2, 0.25) is 5.91 Å². The highest BCUT2D eigenvalue weighted by Gasteiger charge is 2.42.